The Kier molecular flexibility index (Phi) is 3.95. The molecule has 2 unspecified atom stereocenters. The fourth-order valence-corrected chi connectivity index (χ4v) is 3.05. The van der Waals surface area contributed by atoms with E-state index in [2.05, 4.69) is 62.9 Å². The lowest BCUT2D eigenvalue weighted by molar-refractivity contribution is -0.136. The van der Waals surface area contributed by atoms with E-state index in [9.17, 15) is 4.79 Å². The second-order valence-electron chi connectivity index (χ2n) is 7.21. The first-order valence-corrected chi connectivity index (χ1v) is 7.65. The molecule has 2 rings (SSSR count). The van der Waals surface area contributed by atoms with Crippen molar-refractivity contribution in [2.24, 2.45) is 5.92 Å². The lowest BCUT2D eigenvalue weighted by Gasteiger charge is -2.36. The van der Waals surface area contributed by atoms with E-state index in [1.807, 2.05) is 6.92 Å². The van der Waals surface area contributed by atoms with Crippen molar-refractivity contribution in [3.63, 3.8) is 0 Å². The third-order valence-electron chi connectivity index (χ3n) is 4.66. The van der Waals surface area contributed by atoms with E-state index in [4.69, 9.17) is 0 Å². The van der Waals surface area contributed by atoms with Crippen molar-refractivity contribution in [3.8, 4) is 0 Å². The molecule has 110 valence electrons. The van der Waals surface area contributed by atoms with E-state index >= 15 is 0 Å². The smallest absolute Gasteiger partial charge is 0.222 e. The van der Waals surface area contributed by atoms with Crippen molar-refractivity contribution < 1.29 is 4.79 Å². The molecule has 1 amide bonds. The molecule has 20 heavy (non-hydrogen) atoms. The van der Waals surface area contributed by atoms with Gasteiger partial charge in [-0.15, -0.1) is 0 Å². The van der Waals surface area contributed by atoms with Crippen LogP contribution in [0.4, 0.5) is 0 Å². The summed E-state index contributed by atoms with van der Waals surface area (Å²) in [6.07, 6.45) is 1.77. The van der Waals surface area contributed by atoms with Gasteiger partial charge >= 0.3 is 0 Å². The topological polar surface area (TPSA) is 20.3 Å². The van der Waals surface area contributed by atoms with E-state index in [-0.39, 0.29) is 16.9 Å². The van der Waals surface area contributed by atoms with Crippen LogP contribution in [-0.2, 0) is 10.2 Å². The number of rotatable bonds is 4. The standard InChI is InChI=1S/C18H27NO/c1-6-16(20)19(17(2,3)4)13-15-12-18(15,5)14-10-8-7-9-11-14/h7-11,15H,6,12-13H2,1-5H3. The Morgan fingerprint density at radius 1 is 1.30 bits per heavy atom. The minimum atomic E-state index is -0.0900. The number of hydrogen-bond donors (Lipinski definition) is 0. The fourth-order valence-electron chi connectivity index (χ4n) is 3.05. The number of carbonyl (C=O) groups excluding carboxylic acids is 1. The van der Waals surface area contributed by atoms with Gasteiger partial charge in [0.25, 0.3) is 0 Å². The molecule has 0 radical (unpaired) electrons. The zero-order chi connectivity index (χ0) is 15.0. The molecule has 1 saturated carbocycles. The molecule has 0 saturated heterocycles. The molecule has 0 heterocycles. The quantitative estimate of drug-likeness (QED) is 0.812. The van der Waals surface area contributed by atoms with Crippen LogP contribution in [-0.4, -0.2) is 22.9 Å². The lowest BCUT2D eigenvalue weighted by atomic mass is 9.94. The van der Waals surface area contributed by atoms with Crippen LogP contribution in [0.2, 0.25) is 0 Å². The van der Waals surface area contributed by atoms with Crippen LogP contribution in [0.1, 0.15) is 53.0 Å². The minimum absolute atomic E-state index is 0.0900. The third kappa shape index (κ3) is 2.89. The van der Waals surface area contributed by atoms with Crippen LogP contribution < -0.4 is 0 Å². The number of carbonyl (C=O) groups is 1. The van der Waals surface area contributed by atoms with Gasteiger partial charge < -0.3 is 4.90 Å². The molecule has 1 fully saturated rings. The monoisotopic (exact) mass is 273 g/mol. The van der Waals surface area contributed by atoms with Crippen LogP contribution in [0.25, 0.3) is 0 Å². The predicted molar refractivity (Wildman–Crippen MR) is 83.7 cm³/mol. The Morgan fingerprint density at radius 3 is 2.40 bits per heavy atom. The van der Waals surface area contributed by atoms with Crippen LogP contribution in [0.3, 0.4) is 0 Å². The Morgan fingerprint density at radius 2 is 1.90 bits per heavy atom. The molecule has 0 bridgehead atoms. The van der Waals surface area contributed by atoms with Crippen LogP contribution >= 0.6 is 0 Å². The lowest BCUT2D eigenvalue weighted by Crippen LogP contribution is -2.47. The van der Waals surface area contributed by atoms with Gasteiger partial charge in [-0.05, 0) is 44.1 Å². The summed E-state index contributed by atoms with van der Waals surface area (Å²) in [4.78, 5) is 14.3. The van der Waals surface area contributed by atoms with Gasteiger partial charge in [0.2, 0.25) is 5.91 Å². The van der Waals surface area contributed by atoms with E-state index in [0.29, 0.717) is 12.3 Å². The van der Waals surface area contributed by atoms with Gasteiger partial charge in [0.1, 0.15) is 0 Å². The highest BCUT2D eigenvalue weighted by Crippen LogP contribution is 2.54. The molecule has 0 aliphatic heterocycles. The molecular weight excluding hydrogens is 246 g/mol. The molecule has 2 nitrogen and oxygen atoms in total. The average molecular weight is 273 g/mol. The van der Waals surface area contributed by atoms with Gasteiger partial charge in [-0.3, -0.25) is 4.79 Å². The second kappa shape index (κ2) is 5.23. The highest BCUT2D eigenvalue weighted by molar-refractivity contribution is 5.76. The summed E-state index contributed by atoms with van der Waals surface area (Å²) >= 11 is 0. The summed E-state index contributed by atoms with van der Waals surface area (Å²) in [7, 11) is 0. The Labute approximate surface area is 123 Å². The maximum Gasteiger partial charge on any atom is 0.222 e. The number of nitrogens with zero attached hydrogens (tertiary/aromatic N) is 1. The van der Waals surface area contributed by atoms with Crippen LogP contribution in [0, 0.1) is 5.92 Å². The van der Waals surface area contributed by atoms with Gasteiger partial charge in [-0.25, -0.2) is 0 Å². The van der Waals surface area contributed by atoms with Crippen molar-refractivity contribution in [1.29, 1.82) is 0 Å². The first-order chi connectivity index (χ1) is 9.29. The highest BCUT2D eigenvalue weighted by atomic mass is 16.2. The van der Waals surface area contributed by atoms with Crippen molar-refractivity contribution in [1.82, 2.24) is 4.90 Å². The summed E-state index contributed by atoms with van der Waals surface area (Å²) in [5, 5.41) is 0. The zero-order valence-electron chi connectivity index (χ0n) is 13.4. The zero-order valence-corrected chi connectivity index (χ0v) is 13.4. The molecule has 1 aromatic carbocycles. The first kappa shape index (κ1) is 15.1. The predicted octanol–water partition coefficient (Wildman–Crippen LogP) is 4.00. The van der Waals surface area contributed by atoms with Crippen molar-refractivity contribution >= 4 is 5.91 Å². The van der Waals surface area contributed by atoms with E-state index in [1.54, 1.807) is 0 Å². The molecule has 2 heteroatoms. The Hall–Kier alpha value is -1.31. The van der Waals surface area contributed by atoms with E-state index in [1.165, 1.54) is 12.0 Å². The van der Waals surface area contributed by atoms with Crippen molar-refractivity contribution in [3.05, 3.63) is 35.9 Å². The minimum Gasteiger partial charge on any atom is -0.338 e. The fraction of sp³-hybridized carbons (Fsp3) is 0.611. The summed E-state index contributed by atoms with van der Waals surface area (Å²) < 4.78 is 0. The summed E-state index contributed by atoms with van der Waals surface area (Å²) in [5.74, 6) is 0.847. The third-order valence-corrected chi connectivity index (χ3v) is 4.66. The molecule has 1 aliphatic carbocycles. The normalized spacial score (nSPS) is 25.4. The van der Waals surface area contributed by atoms with Crippen molar-refractivity contribution in [2.45, 2.75) is 58.4 Å². The maximum absolute atomic E-state index is 12.2. The average Bonchev–Trinajstić information content (AvgIpc) is 3.07. The highest BCUT2D eigenvalue weighted by Gasteiger charge is 2.52. The van der Waals surface area contributed by atoms with E-state index in [0.717, 1.165) is 6.54 Å². The SMILES string of the molecule is CCC(=O)N(CC1CC1(C)c1ccccc1)C(C)(C)C. The molecule has 0 aromatic heterocycles. The largest absolute Gasteiger partial charge is 0.338 e. The van der Waals surface area contributed by atoms with Gasteiger partial charge in [0.05, 0.1) is 0 Å². The van der Waals surface area contributed by atoms with Gasteiger partial charge in [-0.2, -0.15) is 0 Å². The van der Waals surface area contributed by atoms with Crippen LogP contribution in [0.15, 0.2) is 30.3 Å². The Bertz CT molecular complexity index is 474. The molecular formula is C18H27NO. The second-order valence-corrected chi connectivity index (χ2v) is 7.21. The molecule has 2 atom stereocenters. The van der Waals surface area contributed by atoms with Gasteiger partial charge in [0, 0.05) is 18.5 Å². The van der Waals surface area contributed by atoms with Gasteiger partial charge in [-0.1, -0.05) is 44.2 Å². The number of hydrogen-bond acceptors (Lipinski definition) is 1. The number of amides is 1. The first-order valence-electron chi connectivity index (χ1n) is 7.65. The Balaban J connectivity index is 2.10. The van der Waals surface area contributed by atoms with Gasteiger partial charge in [0.15, 0.2) is 0 Å². The summed E-state index contributed by atoms with van der Waals surface area (Å²) in [6, 6.07) is 10.7. The molecule has 1 aliphatic rings. The molecule has 0 N–H and O–H groups in total. The van der Waals surface area contributed by atoms with Crippen molar-refractivity contribution in [2.75, 3.05) is 6.54 Å². The number of benzene rings is 1. The summed E-state index contributed by atoms with van der Waals surface area (Å²) in [5.41, 5.74) is 1.56. The molecule has 1 aromatic rings. The molecule has 0 spiro atoms. The maximum atomic E-state index is 12.2. The van der Waals surface area contributed by atoms with Crippen LogP contribution in [0.5, 0.6) is 0 Å². The van der Waals surface area contributed by atoms with E-state index < -0.39 is 0 Å². The summed E-state index contributed by atoms with van der Waals surface area (Å²) in [6.45, 7) is 11.5.